The molecular formula is C14H28N2O. The molecule has 3 heteroatoms. The summed E-state index contributed by atoms with van der Waals surface area (Å²) in [6.07, 6.45) is 5.94. The summed E-state index contributed by atoms with van der Waals surface area (Å²) >= 11 is 0. The third kappa shape index (κ3) is 3.21. The fourth-order valence-corrected chi connectivity index (χ4v) is 3.33. The SMILES string of the molecule is CC1CC1CN(C)CCC1CCCC1(N)CO. The maximum atomic E-state index is 9.41. The molecule has 0 amide bonds. The molecule has 4 atom stereocenters. The van der Waals surface area contributed by atoms with Crippen molar-refractivity contribution in [1.29, 1.82) is 0 Å². The number of nitrogens with two attached hydrogens (primary N) is 1. The number of hydrogen-bond acceptors (Lipinski definition) is 3. The van der Waals surface area contributed by atoms with E-state index >= 15 is 0 Å². The van der Waals surface area contributed by atoms with Crippen molar-refractivity contribution < 1.29 is 5.11 Å². The van der Waals surface area contributed by atoms with Crippen LogP contribution in [0.25, 0.3) is 0 Å². The van der Waals surface area contributed by atoms with Crippen LogP contribution < -0.4 is 5.73 Å². The van der Waals surface area contributed by atoms with Crippen LogP contribution in [0.15, 0.2) is 0 Å². The Morgan fingerprint density at radius 2 is 2.18 bits per heavy atom. The minimum absolute atomic E-state index is 0.154. The number of nitrogens with zero attached hydrogens (tertiary/aromatic N) is 1. The lowest BCUT2D eigenvalue weighted by Crippen LogP contribution is -2.47. The lowest BCUT2D eigenvalue weighted by molar-refractivity contribution is 0.146. The second-order valence-electron chi connectivity index (χ2n) is 6.50. The van der Waals surface area contributed by atoms with E-state index in [1.165, 1.54) is 25.8 Å². The van der Waals surface area contributed by atoms with E-state index in [1.807, 2.05) is 0 Å². The van der Waals surface area contributed by atoms with E-state index < -0.39 is 0 Å². The standard InChI is InChI=1S/C14H28N2O/c1-11-8-12(11)9-16(2)7-5-13-4-3-6-14(13,15)10-17/h11-13,17H,3-10,15H2,1-2H3. The van der Waals surface area contributed by atoms with Gasteiger partial charge in [-0.3, -0.25) is 0 Å². The van der Waals surface area contributed by atoms with Gasteiger partial charge in [0.05, 0.1) is 6.61 Å². The molecule has 0 saturated heterocycles. The van der Waals surface area contributed by atoms with Gasteiger partial charge in [-0.2, -0.15) is 0 Å². The Bertz CT molecular complexity index is 259. The first-order chi connectivity index (χ1) is 8.05. The van der Waals surface area contributed by atoms with Crippen LogP contribution in [0, 0.1) is 17.8 Å². The Kier molecular flexibility index (Phi) is 4.11. The van der Waals surface area contributed by atoms with Crippen LogP contribution in [0.4, 0.5) is 0 Å². The van der Waals surface area contributed by atoms with E-state index in [1.54, 1.807) is 0 Å². The fraction of sp³-hybridized carbons (Fsp3) is 1.00. The first kappa shape index (κ1) is 13.3. The van der Waals surface area contributed by atoms with Crippen molar-refractivity contribution in [3.8, 4) is 0 Å². The Morgan fingerprint density at radius 3 is 2.76 bits per heavy atom. The summed E-state index contributed by atoms with van der Waals surface area (Å²) in [4.78, 5) is 2.45. The second kappa shape index (κ2) is 5.25. The highest BCUT2D eigenvalue weighted by Crippen LogP contribution is 2.39. The predicted octanol–water partition coefficient (Wildman–Crippen LogP) is 1.45. The van der Waals surface area contributed by atoms with Crippen LogP contribution in [0.5, 0.6) is 0 Å². The Labute approximate surface area is 105 Å². The quantitative estimate of drug-likeness (QED) is 0.739. The Hall–Kier alpha value is -0.120. The van der Waals surface area contributed by atoms with Gasteiger partial charge in [0.15, 0.2) is 0 Å². The molecule has 0 aromatic heterocycles. The van der Waals surface area contributed by atoms with Gasteiger partial charge in [-0.1, -0.05) is 13.3 Å². The molecule has 0 aliphatic heterocycles. The second-order valence-corrected chi connectivity index (χ2v) is 6.50. The van der Waals surface area contributed by atoms with E-state index in [-0.39, 0.29) is 12.1 Å². The topological polar surface area (TPSA) is 49.5 Å². The third-order valence-electron chi connectivity index (χ3n) is 4.98. The predicted molar refractivity (Wildman–Crippen MR) is 70.7 cm³/mol. The summed E-state index contributed by atoms with van der Waals surface area (Å²) in [6, 6.07) is 0. The van der Waals surface area contributed by atoms with Crippen LogP contribution in [0.2, 0.25) is 0 Å². The van der Waals surface area contributed by atoms with E-state index in [0.717, 1.165) is 31.2 Å². The van der Waals surface area contributed by atoms with Crippen molar-refractivity contribution >= 4 is 0 Å². The van der Waals surface area contributed by atoms with Gasteiger partial charge in [-0.15, -0.1) is 0 Å². The van der Waals surface area contributed by atoms with E-state index in [0.29, 0.717) is 5.92 Å². The Morgan fingerprint density at radius 1 is 1.47 bits per heavy atom. The molecule has 0 radical (unpaired) electrons. The van der Waals surface area contributed by atoms with Crippen LogP contribution in [0.3, 0.4) is 0 Å². The molecule has 3 N–H and O–H groups in total. The molecule has 2 aliphatic rings. The lowest BCUT2D eigenvalue weighted by Gasteiger charge is -2.30. The van der Waals surface area contributed by atoms with Gasteiger partial charge < -0.3 is 15.7 Å². The maximum Gasteiger partial charge on any atom is 0.0613 e. The number of hydrogen-bond donors (Lipinski definition) is 2. The summed E-state index contributed by atoms with van der Waals surface area (Å²) in [6.45, 7) is 4.87. The molecule has 0 spiro atoms. The zero-order valence-electron chi connectivity index (χ0n) is 11.4. The molecule has 0 aromatic rings. The molecular weight excluding hydrogens is 212 g/mol. The molecule has 2 rings (SSSR count). The van der Waals surface area contributed by atoms with Gasteiger partial charge in [-0.05, 0) is 57.0 Å². The van der Waals surface area contributed by atoms with Gasteiger partial charge in [-0.25, -0.2) is 0 Å². The zero-order chi connectivity index (χ0) is 12.5. The van der Waals surface area contributed by atoms with Crippen molar-refractivity contribution in [1.82, 2.24) is 4.90 Å². The summed E-state index contributed by atoms with van der Waals surface area (Å²) < 4.78 is 0. The van der Waals surface area contributed by atoms with Crippen LogP contribution in [-0.4, -0.2) is 42.3 Å². The van der Waals surface area contributed by atoms with Gasteiger partial charge >= 0.3 is 0 Å². The number of aliphatic hydroxyl groups excluding tert-OH is 1. The first-order valence-electron chi connectivity index (χ1n) is 7.13. The normalized spacial score (nSPS) is 41.1. The zero-order valence-corrected chi connectivity index (χ0v) is 11.4. The van der Waals surface area contributed by atoms with Crippen LogP contribution in [0.1, 0.15) is 39.0 Å². The van der Waals surface area contributed by atoms with Crippen LogP contribution in [-0.2, 0) is 0 Å². The number of aliphatic hydroxyl groups is 1. The summed E-state index contributed by atoms with van der Waals surface area (Å²) in [5.74, 6) is 2.39. The molecule has 0 aromatic carbocycles. The van der Waals surface area contributed by atoms with Crippen LogP contribution >= 0.6 is 0 Å². The first-order valence-corrected chi connectivity index (χ1v) is 7.13. The van der Waals surface area contributed by atoms with Crippen molar-refractivity contribution in [2.24, 2.45) is 23.5 Å². The van der Waals surface area contributed by atoms with Crippen molar-refractivity contribution in [3.63, 3.8) is 0 Å². The van der Waals surface area contributed by atoms with Gasteiger partial charge in [0.25, 0.3) is 0 Å². The third-order valence-corrected chi connectivity index (χ3v) is 4.98. The molecule has 0 heterocycles. The van der Waals surface area contributed by atoms with Crippen molar-refractivity contribution in [2.45, 2.75) is 44.6 Å². The van der Waals surface area contributed by atoms with Gasteiger partial charge in [0, 0.05) is 12.1 Å². The van der Waals surface area contributed by atoms with Gasteiger partial charge in [0.2, 0.25) is 0 Å². The van der Waals surface area contributed by atoms with E-state index in [4.69, 9.17) is 5.73 Å². The van der Waals surface area contributed by atoms with Crippen molar-refractivity contribution in [3.05, 3.63) is 0 Å². The minimum atomic E-state index is -0.284. The Balaban J connectivity index is 1.70. The van der Waals surface area contributed by atoms with E-state index in [2.05, 4.69) is 18.9 Å². The summed E-state index contributed by atoms with van der Waals surface area (Å²) in [5, 5.41) is 9.41. The monoisotopic (exact) mass is 240 g/mol. The van der Waals surface area contributed by atoms with E-state index in [9.17, 15) is 5.11 Å². The lowest BCUT2D eigenvalue weighted by atomic mass is 9.86. The fourth-order valence-electron chi connectivity index (χ4n) is 3.33. The molecule has 4 unspecified atom stereocenters. The molecule has 17 heavy (non-hydrogen) atoms. The molecule has 100 valence electrons. The molecule has 2 saturated carbocycles. The molecule has 2 fully saturated rings. The summed E-state index contributed by atoms with van der Waals surface area (Å²) in [7, 11) is 2.22. The smallest absolute Gasteiger partial charge is 0.0613 e. The van der Waals surface area contributed by atoms with Gasteiger partial charge in [0.1, 0.15) is 0 Å². The highest BCUT2D eigenvalue weighted by atomic mass is 16.3. The molecule has 3 nitrogen and oxygen atoms in total. The highest BCUT2D eigenvalue weighted by Gasteiger charge is 2.39. The molecule has 0 bridgehead atoms. The summed E-state index contributed by atoms with van der Waals surface area (Å²) in [5.41, 5.74) is 5.97. The average molecular weight is 240 g/mol. The number of rotatable bonds is 6. The molecule has 2 aliphatic carbocycles. The van der Waals surface area contributed by atoms with Crippen molar-refractivity contribution in [2.75, 3.05) is 26.7 Å². The minimum Gasteiger partial charge on any atom is -0.394 e. The highest BCUT2D eigenvalue weighted by molar-refractivity contribution is 4.96. The average Bonchev–Trinajstić information content (AvgIpc) is 2.85. The maximum absolute atomic E-state index is 9.41. The largest absolute Gasteiger partial charge is 0.394 e.